The first-order valence-electron chi connectivity index (χ1n) is 7.74. The van der Waals surface area contributed by atoms with Gasteiger partial charge >= 0.3 is 5.97 Å². The molecular formula is C18H18N2O5S. The van der Waals surface area contributed by atoms with E-state index in [0.717, 1.165) is 0 Å². The van der Waals surface area contributed by atoms with E-state index >= 15 is 0 Å². The maximum atomic E-state index is 12.3. The Kier molecular flexibility index (Phi) is 6.13. The fraction of sp³-hybridized carbons (Fsp3) is 0.167. The molecule has 2 aromatic carbocycles. The van der Waals surface area contributed by atoms with Crippen molar-refractivity contribution in [2.24, 2.45) is 0 Å². The van der Waals surface area contributed by atoms with Gasteiger partial charge in [-0.3, -0.25) is 10.1 Å². The van der Waals surface area contributed by atoms with Gasteiger partial charge in [0.05, 0.1) is 6.61 Å². The first-order valence-corrected chi connectivity index (χ1v) is 8.14. The van der Waals surface area contributed by atoms with E-state index < -0.39 is 11.9 Å². The summed E-state index contributed by atoms with van der Waals surface area (Å²) in [7, 11) is 0. The van der Waals surface area contributed by atoms with E-state index in [1.54, 1.807) is 31.2 Å². The maximum absolute atomic E-state index is 12.3. The Hall–Kier alpha value is -3.13. The molecule has 0 fully saturated rings. The fourth-order valence-corrected chi connectivity index (χ4v) is 2.46. The van der Waals surface area contributed by atoms with Crippen LogP contribution in [0.3, 0.4) is 0 Å². The van der Waals surface area contributed by atoms with Crippen LogP contribution in [0.1, 0.15) is 33.2 Å². The number of hydrogen-bond acceptors (Lipinski definition) is 5. The highest BCUT2D eigenvalue weighted by atomic mass is 32.1. The van der Waals surface area contributed by atoms with Gasteiger partial charge in [0.25, 0.3) is 5.91 Å². The lowest BCUT2D eigenvalue weighted by Crippen LogP contribution is -2.34. The standard InChI is InChI=1S/C18H18N2O5S/c1-3-25-13-6-4-5-11(8-13)16(22)20-18(26)19-12-7-10(2)15(21)14(9-12)17(23)24/h4-9,21H,3H2,1-2H3,(H,23,24)(H2,19,20,22,26). The van der Waals surface area contributed by atoms with Crippen molar-refractivity contribution < 1.29 is 24.5 Å². The number of aromatic hydroxyl groups is 1. The third-order valence-corrected chi connectivity index (χ3v) is 3.63. The van der Waals surface area contributed by atoms with Crippen molar-refractivity contribution in [2.45, 2.75) is 13.8 Å². The van der Waals surface area contributed by atoms with Gasteiger partial charge in [-0.1, -0.05) is 6.07 Å². The number of carboxylic acid groups (broad SMARTS) is 1. The largest absolute Gasteiger partial charge is 0.507 e. The monoisotopic (exact) mass is 374 g/mol. The highest BCUT2D eigenvalue weighted by molar-refractivity contribution is 7.80. The Labute approximate surface area is 155 Å². The number of ether oxygens (including phenoxy) is 1. The van der Waals surface area contributed by atoms with E-state index in [0.29, 0.717) is 29.2 Å². The third kappa shape index (κ3) is 4.70. The molecule has 0 aliphatic heterocycles. The first kappa shape index (κ1) is 19.2. The molecule has 0 aromatic heterocycles. The molecule has 0 radical (unpaired) electrons. The van der Waals surface area contributed by atoms with Crippen molar-refractivity contribution in [1.82, 2.24) is 5.32 Å². The number of anilines is 1. The number of aryl methyl sites for hydroxylation is 1. The van der Waals surface area contributed by atoms with E-state index in [9.17, 15) is 14.7 Å². The molecule has 7 nitrogen and oxygen atoms in total. The summed E-state index contributed by atoms with van der Waals surface area (Å²) in [5.74, 6) is -1.44. The van der Waals surface area contributed by atoms with Crippen LogP contribution in [-0.4, -0.2) is 33.8 Å². The van der Waals surface area contributed by atoms with Gasteiger partial charge in [0.2, 0.25) is 0 Å². The Bertz CT molecular complexity index is 867. The molecule has 0 spiro atoms. The molecule has 0 saturated heterocycles. The summed E-state index contributed by atoms with van der Waals surface area (Å²) in [5, 5.41) is 24.1. The normalized spacial score (nSPS) is 10.1. The SMILES string of the molecule is CCOc1cccc(C(=O)NC(=S)Nc2cc(C)c(O)c(C(=O)O)c2)c1. The Morgan fingerprint density at radius 1 is 1.23 bits per heavy atom. The number of hydrogen-bond donors (Lipinski definition) is 4. The second-order valence-electron chi connectivity index (χ2n) is 5.36. The van der Waals surface area contributed by atoms with Crippen molar-refractivity contribution in [2.75, 3.05) is 11.9 Å². The zero-order chi connectivity index (χ0) is 19.3. The minimum Gasteiger partial charge on any atom is -0.507 e. The lowest BCUT2D eigenvalue weighted by molar-refractivity contribution is 0.0693. The molecule has 0 aliphatic carbocycles. The molecule has 26 heavy (non-hydrogen) atoms. The molecule has 136 valence electrons. The number of rotatable bonds is 5. The zero-order valence-electron chi connectivity index (χ0n) is 14.2. The van der Waals surface area contributed by atoms with Crippen LogP contribution in [0, 0.1) is 6.92 Å². The van der Waals surface area contributed by atoms with Gasteiger partial charge in [-0.05, 0) is 62.0 Å². The number of carbonyl (C=O) groups excluding carboxylic acids is 1. The number of phenols is 1. The Morgan fingerprint density at radius 2 is 1.96 bits per heavy atom. The van der Waals surface area contributed by atoms with Gasteiger partial charge in [0, 0.05) is 11.3 Å². The van der Waals surface area contributed by atoms with Gasteiger partial charge in [0.1, 0.15) is 17.1 Å². The van der Waals surface area contributed by atoms with Crippen LogP contribution in [0.25, 0.3) is 0 Å². The van der Waals surface area contributed by atoms with Crippen LogP contribution >= 0.6 is 12.2 Å². The summed E-state index contributed by atoms with van der Waals surface area (Å²) in [6, 6.07) is 9.40. The van der Waals surface area contributed by atoms with Crippen LogP contribution in [0.5, 0.6) is 11.5 Å². The number of aromatic carboxylic acids is 1. The number of carbonyl (C=O) groups is 2. The molecule has 0 atom stereocenters. The van der Waals surface area contributed by atoms with Crippen LogP contribution in [0.2, 0.25) is 0 Å². The van der Waals surface area contributed by atoms with E-state index in [2.05, 4.69) is 10.6 Å². The van der Waals surface area contributed by atoms with Crippen LogP contribution in [0.4, 0.5) is 5.69 Å². The summed E-state index contributed by atoms with van der Waals surface area (Å²) < 4.78 is 5.35. The highest BCUT2D eigenvalue weighted by Gasteiger charge is 2.15. The molecule has 2 aromatic rings. The van der Waals surface area contributed by atoms with Crippen LogP contribution in [-0.2, 0) is 0 Å². The lowest BCUT2D eigenvalue weighted by Gasteiger charge is -2.12. The number of thiocarbonyl (C=S) groups is 1. The maximum Gasteiger partial charge on any atom is 0.339 e. The molecule has 2 rings (SSSR count). The topological polar surface area (TPSA) is 108 Å². The highest BCUT2D eigenvalue weighted by Crippen LogP contribution is 2.26. The summed E-state index contributed by atoms with van der Waals surface area (Å²) in [6.07, 6.45) is 0. The molecule has 8 heteroatoms. The predicted octanol–water partition coefficient (Wildman–Crippen LogP) is 2.92. The summed E-state index contributed by atoms with van der Waals surface area (Å²) >= 11 is 5.10. The minimum atomic E-state index is -1.27. The summed E-state index contributed by atoms with van der Waals surface area (Å²) in [4.78, 5) is 23.4. The van der Waals surface area contributed by atoms with E-state index in [1.165, 1.54) is 12.1 Å². The van der Waals surface area contributed by atoms with E-state index in [1.807, 2.05) is 6.92 Å². The Balaban J connectivity index is 2.10. The second kappa shape index (κ2) is 8.30. The third-order valence-electron chi connectivity index (χ3n) is 3.42. The van der Waals surface area contributed by atoms with E-state index in [4.69, 9.17) is 22.1 Å². The molecular weight excluding hydrogens is 356 g/mol. The zero-order valence-corrected chi connectivity index (χ0v) is 15.0. The van der Waals surface area contributed by atoms with Gasteiger partial charge < -0.3 is 20.3 Å². The Morgan fingerprint density at radius 3 is 2.62 bits per heavy atom. The molecule has 0 heterocycles. The predicted molar refractivity (Wildman–Crippen MR) is 101 cm³/mol. The van der Waals surface area contributed by atoms with Crippen molar-refractivity contribution in [3.63, 3.8) is 0 Å². The summed E-state index contributed by atoms with van der Waals surface area (Å²) in [6.45, 7) is 3.89. The van der Waals surface area contributed by atoms with Crippen molar-refractivity contribution in [3.05, 3.63) is 53.1 Å². The molecule has 0 aliphatic rings. The first-order chi connectivity index (χ1) is 12.3. The van der Waals surface area contributed by atoms with E-state index in [-0.39, 0.29) is 16.4 Å². The minimum absolute atomic E-state index is 0.00163. The average molecular weight is 374 g/mol. The molecule has 0 saturated carbocycles. The van der Waals surface area contributed by atoms with Crippen molar-refractivity contribution in [1.29, 1.82) is 0 Å². The van der Waals surface area contributed by atoms with Crippen LogP contribution in [0.15, 0.2) is 36.4 Å². The smallest absolute Gasteiger partial charge is 0.339 e. The van der Waals surface area contributed by atoms with Gasteiger partial charge in [0.15, 0.2) is 5.11 Å². The van der Waals surface area contributed by atoms with Crippen LogP contribution < -0.4 is 15.4 Å². The quantitative estimate of drug-likeness (QED) is 0.471. The number of benzene rings is 2. The average Bonchev–Trinajstić information content (AvgIpc) is 2.58. The fourth-order valence-electron chi connectivity index (χ4n) is 2.25. The van der Waals surface area contributed by atoms with Gasteiger partial charge in [-0.2, -0.15) is 0 Å². The number of amides is 1. The molecule has 1 amide bonds. The number of carboxylic acids is 1. The molecule has 4 N–H and O–H groups in total. The second-order valence-corrected chi connectivity index (χ2v) is 5.77. The van der Waals surface area contributed by atoms with Gasteiger partial charge in [-0.25, -0.2) is 4.79 Å². The lowest BCUT2D eigenvalue weighted by atomic mass is 10.1. The van der Waals surface area contributed by atoms with Crippen molar-refractivity contribution in [3.8, 4) is 11.5 Å². The molecule has 0 unspecified atom stereocenters. The van der Waals surface area contributed by atoms with Gasteiger partial charge in [-0.15, -0.1) is 0 Å². The summed E-state index contributed by atoms with van der Waals surface area (Å²) in [5.41, 5.74) is 0.816. The molecule has 0 bridgehead atoms. The number of nitrogens with one attached hydrogen (secondary N) is 2. The van der Waals surface area contributed by atoms with Crippen molar-refractivity contribution >= 4 is 34.9 Å².